The van der Waals surface area contributed by atoms with Crippen molar-refractivity contribution in [3.05, 3.63) is 89.5 Å². The van der Waals surface area contributed by atoms with Gasteiger partial charge in [-0.1, -0.05) is 44.2 Å². The minimum absolute atomic E-state index is 0.107. The van der Waals surface area contributed by atoms with Gasteiger partial charge in [0, 0.05) is 18.4 Å². The molecule has 4 nitrogen and oxygen atoms in total. The summed E-state index contributed by atoms with van der Waals surface area (Å²) >= 11 is 0. The van der Waals surface area contributed by atoms with Crippen LogP contribution < -0.4 is 5.32 Å². The summed E-state index contributed by atoms with van der Waals surface area (Å²) in [6.07, 6.45) is 2.94. The highest BCUT2D eigenvalue weighted by Gasteiger charge is 2.32. The molecule has 2 aromatic carbocycles. The van der Waals surface area contributed by atoms with Crippen molar-refractivity contribution in [2.45, 2.75) is 32.9 Å². The lowest BCUT2D eigenvalue weighted by molar-refractivity contribution is 0.180. The fourth-order valence-electron chi connectivity index (χ4n) is 3.90. The van der Waals surface area contributed by atoms with Crippen molar-refractivity contribution in [1.82, 2.24) is 14.8 Å². The van der Waals surface area contributed by atoms with Crippen molar-refractivity contribution in [3.63, 3.8) is 0 Å². The molecule has 1 aromatic heterocycles. The van der Waals surface area contributed by atoms with Crippen LogP contribution in [0.15, 0.2) is 66.9 Å². The molecule has 0 unspecified atom stereocenters. The van der Waals surface area contributed by atoms with Crippen LogP contribution in [0, 0.1) is 11.7 Å². The molecule has 0 fully saturated rings. The van der Waals surface area contributed by atoms with Crippen LogP contribution in [0.1, 0.15) is 43.1 Å². The number of benzene rings is 2. The van der Waals surface area contributed by atoms with Crippen molar-refractivity contribution in [1.29, 1.82) is 0 Å². The minimum Gasteiger partial charge on any atom is -0.338 e. The zero-order valence-electron chi connectivity index (χ0n) is 16.8. The largest absolute Gasteiger partial charge is 0.338 e. The van der Waals surface area contributed by atoms with Gasteiger partial charge < -0.3 is 14.8 Å². The van der Waals surface area contributed by atoms with Crippen LogP contribution in [-0.2, 0) is 6.54 Å². The average Bonchev–Trinajstić information content (AvgIpc) is 3.13. The Labute approximate surface area is 171 Å². The van der Waals surface area contributed by atoms with E-state index in [0.29, 0.717) is 19.0 Å². The Morgan fingerprint density at radius 1 is 1.10 bits per heavy atom. The number of nitrogens with one attached hydrogen (secondary N) is 1. The summed E-state index contributed by atoms with van der Waals surface area (Å²) in [5, 5.41) is 3.08. The van der Waals surface area contributed by atoms with E-state index in [1.165, 1.54) is 12.1 Å². The monoisotopic (exact) mass is 391 g/mol. The third kappa shape index (κ3) is 3.90. The molecule has 29 heavy (non-hydrogen) atoms. The van der Waals surface area contributed by atoms with E-state index in [1.807, 2.05) is 35.4 Å². The summed E-state index contributed by atoms with van der Waals surface area (Å²) in [4.78, 5) is 15.1. The Kier molecular flexibility index (Phi) is 5.38. The maximum absolute atomic E-state index is 13.6. The zero-order valence-corrected chi connectivity index (χ0v) is 16.8. The fourth-order valence-corrected chi connectivity index (χ4v) is 3.90. The van der Waals surface area contributed by atoms with Crippen molar-refractivity contribution in [2.24, 2.45) is 5.92 Å². The zero-order chi connectivity index (χ0) is 20.4. The van der Waals surface area contributed by atoms with Gasteiger partial charge in [0.05, 0.1) is 18.3 Å². The number of nitrogens with zero attached hydrogens (tertiary/aromatic N) is 2. The number of hydrogen-bond donors (Lipinski definition) is 1. The van der Waals surface area contributed by atoms with Gasteiger partial charge >= 0.3 is 6.03 Å². The van der Waals surface area contributed by atoms with Crippen molar-refractivity contribution in [2.75, 3.05) is 6.54 Å². The van der Waals surface area contributed by atoms with E-state index >= 15 is 0 Å². The predicted molar refractivity (Wildman–Crippen MR) is 112 cm³/mol. The van der Waals surface area contributed by atoms with Gasteiger partial charge in [-0.2, -0.15) is 0 Å². The van der Waals surface area contributed by atoms with E-state index in [2.05, 4.69) is 35.9 Å². The Morgan fingerprint density at radius 2 is 1.86 bits per heavy atom. The van der Waals surface area contributed by atoms with Crippen LogP contribution in [0.2, 0.25) is 0 Å². The van der Waals surface area contributed by atoms with Gasteiger partial charge in [0.15, 0.2) is 0 Å². The highest BCUT2D eigenvalue weighted by atomic mass is 19.1. The van der Waals surface area contributed by atoms with Crippen molar-refractivity contribution < 1.29 is 9.18 Å². The number of fused-ring (bicyclic) bond motifs is 3. The molecule has 2 heterocycles. The number of rotatable bonds is 4. The van der Waals surface area contributed by atoms with E-state index in [9.17, 15) is 9.18 Å². The van der Waals surface area contributed by atoms with Gasteiger partial charge in [-0.15, -0.1) is 0 Å². The van der Waals surface area contributed by atoms with Crippen LogP contribution in [-0.4, -0.2) is 22.0 Å². The molecule has 1 aliphatic rings. The third-order valence-corrected chi connectivity index (χ3v) is 5.41. The van der Waals surface area contributed by atoms with E-state index in [4.69, 9.17) is 0 Å². The molecule has 5 heteroatoms. The molecule has 0 aliphatic carbocycles. The molecular formula is C24H26FN3O. The summed E-state index contributed by atoms with van der Waals surface area (Å²) in [5.41, 5.74) is 4.02. The molecule has 0 saturated heterocycles. The van der Waals surface area contributed by atoms with E-state index < -0.39 is 0 Å². The molecule has 1 aliphatic heterocycles. The van der Waals surface area contributed by atoms with Crippen molar-refractivity contribution >= 4 is 6.03 Å². The van der Waals surface area contributed by atoms with Gasteiger partial charge in [0.1, 0.15) is 5.82 Å². The van der Waals surface area contributed by atoms with Gasteiger partial charge in [-0.25, -0.2) is 9.18 Å². The normalized spacial score (nSPS) is 15.6. The Hall–Kier alpha value is -3.08. The van der Waals surface area contributed by atoms with Crippen LogP contribution in [0.4, 0.5) is 9.18 Å². The van der Waals surface area contributed by atoms with Gasteiger partial charge in [0.2, 0.25) is 0 Å². The van der Waals surface area contributed by atoms with Gasteiger partial charge in [0.25, 0.3) is 0 Å². The second-order valence-corrected chi connectivity index (χ2v) is 7.93. The Balaban J connectivity index is 1.78. The molecule has 0 bridgehead atoms. The molecule has 1 N–H and O–H groups in total. The smallest absolute Gasteiger partial charge is 0.318 e. The quantitative estimate of drug-likeness (QED) is 0.646. The van der Waals surface area contributed by atoms with Crippen molar-refractivity contribution in [3.8, 4) is 5.69 Å². The maximum Gasteiger partial charge on any atom is 0.318 e. The molecular weight excluding hydrogens is 365 g/mol. The first-order valence-electron chi connectivity index (χ1n) is 10.1. The van der Waals surface area contributed by atoms with Crippen LogP contribution in [0.25, 0.3) is 5.69 Å². The maximum atomic E-state index is 13.6. The molecule has 2 amide bonds. The van der Waals surface area contributed by atoms with E-state index in [-0.39, 0.29) is 17.9 Å². The SMILES string of the molecule is CC(C)CCNC(=O)N1Cc2ccccc2-n2cccc2[C@H]1c1ccc(F)cc1. The topological polar surface area (TPSA) is 37.3 Å². The number of halogens is 1. The standard InChI is InChI=1S/C24H26FN3O/c1-17(2)13-14-26-24(29)28-16-19-6-3-4-7-21(19)27-15-5-8-22(27)23(28)18-9-11-20(25)12-10-18/h3-12,15,17,23H,13-14,16H2,1-2H3,(H,26,29)/t23-/m1/s1. The number of aromatic nitrogens is 1. The molecule has 0 radical (unpaired) electrons. The number of carbonyl (C=O) groups is 1. The molecule has 4 rings (SSSR count). The lowest BCUT2D eigenvalue weighted by Gasteiger charge is -2.31. The number of para-hydroxylation sites is 1. The average molecular weight is 391 g/mol. The number of carbonyl (C=O) groups excluding carboxylic acids is 1. The Bertz CT molecular complexity index is 993. The first kappa shape index (κ1) is 19.2. The predicted octanol–water partition coefficient (Wildman–Crippen LogP) is 5.28. The van der Waals surface area contributed by atoms with E-state index in [1.54, 1.807) is 12.1 Å². The van der Waals surface area contributed by atoms with Gasteiger partial charge in [-0.3, -0.25) is 0 Å². The Morgan fingerprint density at radius 3 is 2.62 bits per heavy atom. The first-order chi connectivity index (χ1) is 14.0. The second-order valence-electron chi connectivity index (χ2n) is 7.93. The van der Waals surface area contributed by atoms with E-state index in [0.717, 1.165) is 28.9 Å². The van der Waals surface area contributed by atoms with Crippen LogP contribution >= 0.6 is 0 Å². The fraction of sp³-hybridized carbons (Fsp3) is 0.292. The molecule has 0 spiro atoms. The molecule has 150 valence electrons. The lowest BCUT2D eigenvalue weighted by atomic mass is 10.0. The number of urea groups is 1. The summed E-state index contributed by atoms with van der Waals surface area (Å²) < 4.78 is 15.7. The number of hydrogen-bond acceptors (Lipinski definition) is 1. The summed E-state index contributed by atoms with van der Waals surface area (Å²) in [5.74, 6) is 0.235. The lowest BCUT2D eigenvalue weighted by Crippen LogP contribution is -2.42. The summed E-state index contributed by atoms with van der Waals surface area (Å²) in [6.45, 7) is 5.39. The summed E-state index contributed by atoms with van der Waals surface area (Å²) in [7, 11) is 0. The van der Waals surface area contributed by atoms with Crippen LogP contribution in [0.5, 0.6) is 0 Å². The molecule has 3 aromatic rings. The first-order valence-corrected chi connectivity index (χ1v) is 10.1. The number of amides is 2. The molecule has 0 saturated carbocycles. The highest BCUT2D eigenvalue weighted by molar-refractivity contribution is 5.76. The minimum atomic E-state index is -0.308. The van der Waals surface area contributed by atoms with Crippen LogP contribution in [0.3, 0.4) is 0 Å². The second kappa shape index (κ2) is 8.11. The highest BCUT2D eigenvalue weighted by Crippen LogP contribution is 2.36. The molecule has 1 atom stereocenters. The van der Waals surface area contributed by atoms with Gasteiger partial charge in [-0.05, 0) is 53.8 Å². The summed E-state index contributed by atoms with van der Waals surface area (Å²) in [6, 6.07) is 18.2. The third-order valence-electron chi connectivity index (χ3n) is 5.41.